The molecule has 2 atom stereocenters. The second-order valence-corrected chi connectivity index (χ2v) is 9.98. The average Bonchev–Trinajstić information content (AvgIpc) is 2.94. The first kappa shape index (κ1) is 28.5. The fourth-order valence-corrected chi connectivity index (χ4v) is 4.63. The summed E-state index contributed by atoms with van der Waals surface area (Å²) >= 11 is -2.07. The lowest BCUT2D eigenvalue weighted by molar-refractivity contribution is 0.260. The summed E-state index contributed by atoms with van der Waals surface area (Å²) in [4.78, 5) is 10.4. The molecule has 0 saturated carbocycles. The second kappa shape index (κ2) is 12.5. The first-order valence-electron chi connectivity index (χ1n) is 12.3. The van der Waals surface area contributed by atoms with Crippen molar-refractivity contribution >= 4 is 39.9 Å². The molecule has 0 aliphatic rings. The quantitative estimate of drug-likeness (QED) is 0.153. The molecule has 4 aromatic rings. The molecule has 11 nitrogen and oxygen atoms in total. The van der Waals surface area contributed by atoms with Crippen molar-refractivity contribution in [1.82, 2.24) is 9.97 Å². The summed E-state index contributed by atoms with van der Waals surface area (Å²) in [6.45, 7) is 2.26. The third-order valence-corrected chi connectivity index (χ3v) is 6.90. The van der Waals surface area contributed by atoms with Crippen molar-refractivity contribution in [2.45, 2.75) is 24.3 Å². The van der Waals surface area contributed by atoms with Crippen LogP contribution >= 0.6 is 0 Å². The second-order valence-electron chi connectivity index (χ2n) is 9.01. The highest BCUT2D eigenvalue weighted by atomic mass is 32.2. The molecule has 12 heteroatoms. The van der Waals surface area contributed by atoms with Gasteiger partial charge in [-0.25, -0.2) is 9.19 Å². The Morgan fingerprint density at radius 3 is 2.05 bits per heavy atom. The summed E-state index contributed by atoms with van der Waals surface area (Å²) < 4.78 is 38.5. The third-order valence-electron chi connectivity index (χ3n) is 6.23. The van der Waals surface area contributed by atoms with Gasteiger partial charge in [-0.2, -0.15) is 4.98 Å². The van der Waals surface area contributed by atoms with E-state index in [9.17, 15) is 8.76 Å². The van der Waals surface area contributed by atoms with E-state index in [0.29, 0.717) is 40.1 Å². The van der Waals surface area contributed by atoms with E-state index in [4.69, 9.17) is 31.4 Å². The normalized spacial score (nSPS) is 12.4. The van der Waals surface area contributed by atoms with Crippen LogP contribution in [0, 0.1) is 0 Å². The molecule has 0 amide bonds. The lowest BCUT2D eigenvalue weighted by Crippen LogP contribution is -2.33. The topological polar surface area (TPSA) is 172 Å². The maximum absolute atomic E-state index is 11.5. The Hall–Kier alpha value is -4.55. The highest BCUT2D eigenvalue weighted by molar-refractivity contribution is 7.79. The summed E-state index contributed by atoms with van der Waals surface area (Å²) in [7, 11) is 3.12. The van der Waals surface area contributed by atoms with Crippen LogP contribution in [0.5, 0.6) is 17.2 Å². The van der Waals surface area contributed by atoms with E-state index in [1.807, 2.05) is 43.3 Å². The number of nitrogens with two attached hydrogens (primary N) is 3. The molecule has 0 aliphatic heterocycles. The number of anilines is 5. The van der Waals surface area contributed by atoms with Crippen molar-refractivity contribution in [2.24, 2.45) is 0 Å². The fraction of sp³-hybridized carbons (Fsp3) is 0.214. The average molecular weight is 565 g/mol. The molecule has 0 spiro atoms. The molecule has 2 unspecified atom stereocenters. The van der Waals surface area contributed by atoms with Gasteiger partial charge in [-0.05, 0) is 73.2 Å². The number of benzene rings is 3. The standard InChI is InChI=1S/C28H32N6O5S/c1-17(34(21-6-4-20(29)5-7-21)22-8-10-23(11-9-22)40(35)36)16-39-26-24(37-2)13-18(14-25(26)38-3)12-19-15-32-28(31)33-27(19)30/h4-11,13-15,17H,12,16,29H2,1-3H3,(H,35,36)(H4,30,31,32,33). The molecule has 0 saturated heterocycles. The molecule has 0 fully saturated rings. The van der Waals surface area contributed by atoms with Gasteiger partial charge in [0, 0.05) is 35.2 Å². The maximum atomic E-state index is 11.5. The van der Waals surface area contributed by atoms with Crippen LogP contribution in [0.1, 0.15) is 18.1 Å². The molecular weight excluding hydrogens is 532 g/mol. The van der Waals surface area contributed by atoms with Crippen molar-refractivity contribution in [3.05, 3.63) is 78.0 Å². The minimum Gasteiger partial charge on any atom is -0.493 e. The van der Waals surface area contributed by atoms with Gasteiger partial charge in [0.1, 0.15) is 12.4 Å². The van der Waals surface area contributed by atoms with Crippen LogP contribution in [0.3, 0.4) is 0 Å². The Balaban J connectivity index is 1.61. The monoisotopic (exact) mass is 564 g/mol. The Kier molecular flexibility index (Phi) is 8.92. The number of hydrogen-bond donors (Lipinski definition) is 4. The van der Waals surface area contributed by atoms with Gasteiger partial charge in [0.25, 0.3) is 0 Å². The lowest BCUT2D eigenvalue weighted by atomic mass is 10.1. The molecule has 40 heavy (non-hydrogen) atoms. The number of ether oxygens (including phenoxy) is 3. The number of hydrogen-bond acceptors (Lipinski definition) is 10. The van der Waals surface area contributed by atoms with Gasteiger partial charge in [0.15, 0.2) is 22.6 Å². The Labute approximate surface area is 235 Å². The van der Waals surface area contributed by atoms with Gasteiger partial charge < -0.3 is 40.9 Å². The summed E-state index contributed by atoms with van der Waals surface area (Å²) in [5, 5.41) is 0. The van der Waals surface area contributed by atoms with Crippen LogP contribution in [0.4, 0.5) is 28.8 Å². The molecule has 7 N–H and O–H groups in total. The number of nitrogen functional groups attached to an aromatic ring is 3. The largest absolute Gasteiger partial charge is 0.493 e. The van der Waals surface area contributed by atoms with Crippen molar-refractivity contribution in [3.8, 4) is 17.2 Å². The summed E-state index contributed by atoms with van der Waals surface area (Å²) in [6, 6.07) is 17.8. The number of aromatic nitrogens is 2. The molecular formula is C28H32N6O5S. The van der Waals surface area contributed by atoms with E-state index in [1.165, 1.54) is 0 Å². The maximum Gasteiger partial charge on any atom is 0.221 e. The smallest absolute Gasteiger partial charge is 0.221 e. The minimum atomic E-state index is -2.07. The van der Waals surface area contributed by atoms with Gasteiger partial charge in [0.05, 0.1) is 25.2 Å². The van der Waals surface area contributed by atoms with Crippen LogP contribution in [0.2, 0.25) is 0 Å². The van der Waals surface area contributed by atoms with Crippen LogP contribution in [-0.4, -0.2) is 45.6 Å². The molecule has 210 valence electrons. The zero-order valence-electron chi connectivity index (χ0n) is 22.4. The fourth-order valence-electron chi connectivity index (χ4n) is 4.26. The number of rotatable bonds is 11. The first-order valence-corrected chi connectivity index (χ1v) is 13.4. The van der Waals surface area contributed by atoms with Crippen molar-refractivity contribution < 1.29 is 23.0 Å². The Morgan fingerprint density at radius 1 is 0.950 bits per heavy atom. The van der Waals surface area contributed by atoms with Gasteiger partial charge >= 0.3 is 0 Å². The molecule has 0 radical (unpaired) electrons. The van der Waals surface area contributed by atoms with E-state index < -0.39 is 11.1 Å². The van der Waals surface area contributed by atoms with Gasteiger partial charge in [-0.15, -0.1) is 0 Å². The summed E-state index contributed by atoms with van der Waals surface area (Å²) in [5.74, 6) is 1.85. The molecule has 1 aromatic heterocycles. The molecule has 4 rings (SSSR count). The van der Waals surface area contributed by atoms with Crippen LogP contribution in [-0.2, 0) is 17.5 Å². The van der Waals surface area contributed by atoms with Crippen molar-refractivity contribution in [1.29, 1.82) is 0 Å². The Morgan fingerprint density at radius 2 is 1.52 bits per heavy atom. The molecule has 0 bridgehead atoms. The van der Waals surface area contributed by atoms with Crippen LogP contribution in [0.25, 0.3) is 0 Å². The van der Waals surface area contributed by atoms with Crippen LogP contribution < -0.4 is 36.3 Å². The van der Waals surface area contributed by atoms with Crippen molar-refractivity contribution in [2.75, 3.05) is 42.9 Å². The van der Waals surface area contributed by atoms with Gasteiger partial charge in [-0.3, -0.25) is 0 Å². The summed E-state index contributed by atoms with van der Waals surface area (Å²) in [5.41, 5.74) is 21.5. The molecule has 3 aromatic carbocycles. The number of methoxy groups -OCH3 is 2. The number of nitrogens with zero attached hydrogens (tertiary/aromatic N) is 3. The highest BCUT2D eigenvalue weighted by Gasteiger charge is 2.21. The third kappa shape index (κ3) is 6.53. The Bertz CT molecular complexity index is 1460. The predicted octanol–water partition coefficient (Wildman–Crippen LogP) is 4.02. The molecule has 0 aliphatic carbocycles. The van der Waals surface area contributed by atoms with E-state index in [0.717, 1.165) is 22.5 Å². The van der Waals surface area contributed by atoms with Crippen LogP contribution in [0.15, 0.2) is 71.8 Å². The highest BCUT2D eigenvalue weighted by Crippen LogP contribution is 2.40. The molecule has 1 heterocycles. The van der Waals surface area contributed by atoms with E-state index in [2.05, 4.69) is 14.9 Å². The van der Waals surface area contributed by atoms with E-state index >= 15 is 0 Å². The first-order chi connectivity index (χ1) is 19.2. The minimum absolute atomic E-state index is 0.113. The van der Waals surface area contributed by atoms with E-state index in [-0.39, 0.29) is 18.6 Å². The zero-order chi connectivity index (χ0) is 28.8. The SMILES string of the molecule is COc1cc(Cc2cnc(N)nc2N)cc(OC)c1OCC(C)N(c1ccc(N)cc1)c1ccc(S(=O)O)cc1. The zero-order valence-corrected chi connectivity index (χ0v) is 23.2. The lowest BCUT2D eigenvalue weighted by Gasteiger charge is -2.32. The van der Waals surface area contributed by atoms with Gasteiger partial charge in [-0.1, -0.05) is 0 Å². The summed E-state index contributed by atoms with van der Waals surface area (Å²) in [6.07, 6.45) is 2.04. The van der Waals surface area contributed by atoms with E-state index in [1.54, 1.807) is 44.7 Å². The predicted molar refractivity (Wildman–Crippen MR) is 157 cm³/mol. The van der Waals surface area contributed by atoms with Gasteiger partial charge in [0.2, 0.25) is 11.7 Å². The van der Waals surface area contributed by atoms with Crippen molar-refractivity contribution in [3.63, 3.8) is 0 Å².